The van der Waals surface area contributed by atoms with Crippen LogP contribution >= 0.6 is 0 Å². The number of nitrogens with zero attached hydrogens (tertiary/aromatic N) is 1. The van der Waals surface area contributed by atoms with E-state index in [9.17, 15) is 8.78 Å². The highest BCUT2D eigenvalue weighted by atomic mass is 19.3. The van der Waals surface area contributed by atoms with Crippen molar-refractivity contribution in [2.75, 3.05) is 13.2 Å². The van der Waals surface area contributed by atoms with E-state index in [1.165, 1.54) is 6.20 Å². The lowest BCUT2D eigenvalue weighted by atomic mass is 10.3. The minimum atomic E-state index is -2.98. The molecule has 0 saturated heterocycles. The molecule has 0 amide bonds. The number of aryl methyl sites for hydroxylation is 1. The number of nitrogens with two attached hydrogens (primary N) is 1. The molecular formula is C9H12F2N2O. The van der Waals surface area contributed by atoms with Crippen molar-refractivity contribution in [2.24, 2.45) is 5.73 Å². The number of ether oxygens (including phenoxy) is 1. The Morgan fingerprint density at radius 3 is 2.71 bits per heavy atom. The van der Waals surface area contributed by atoms with E-state index in [2.05, 4.69) is 4.98 Å². The first kappa shape index (κ1) is 10.8. The van der Waals surface area contributed by atoms with Crippen LogP contribution in [0.2, 0.25) is 0 Å². The Labute approximate surface area is 80.9 Å². The number of pyridine rings is 1. The molecule has 5 heteroatoms. The molecule has 14 heavy (non-hydrogen) atoms. The van der Waals surface area contributed by atoms with E-state index in [1.807, 2.05) is 0 Å². The van der Waals surface area contributed by atoms with Gasteiger partial charge in [0.2, 0.25) is 0 Å². The van der Waals surface area contributed by atoms with E-state index < -0.39 is 19.1 Å². The minimum Gasteiger partial charge on any atom is -0.486 e. The van der Waals surface area contributed by atoms with Gasteiger partial charge in [0.1, 0.15) is 5.75 Å². The summed E-state index contributed by atoms with van der Waals surface area (Å²) in [7, 11) is 0. The SMILES string of the molecule is Cc1ccc(OCC(F)(F)CN)cn1. The fourth-order valence-electron chi connectivity index (χ4n) is 0.787. The topological polar surface area (TPSA) is 48.1 Å². The summed E-state index contributed by atoms with van der Waals surface area (Å²) in [5, 5.41) is 0. The molecule has 0 aliphatic carbocycles. The van der Waals surface area contributed by atoms with Gasteiger partial charge in [0.05, 0.1) is 12.7 Å². The smallest absolute Gasteiger partial charge is 0.293 e. The Morgan fingerprint density at radius 1 is 1.50 bits per heavy atom. The molecule has 0 aromatic carbocycles. The summed E-state index contributed by atoms with van der Waals surface area (Å²) >= 11 is 0. The number of hydrogen-bond acceptors (Lipinski definition) is 3. The van der Waals surface area contributed by atoms with Gasteiger partial charge < -0.3 is 10.5 Å². The van der Waals surface area contributed by atoms with E-state index in [4.69, 9.17) is 10.5 Å². The van der Waals surface area contributed by atoms with Gasteiger partial charge in [-0.2, -0.15) is 0 Å². The lowest BCUT2D eigenvalue weighted by molar-refractivity contribution is -0.0320. The summed E-state index contributed by atoms with van der Waals surface area (Å²) < 4.78 is 30.1. The Kier molecular flexibility index (Phi) is 3.35. The molecule has 1 aromatic heterocycles. The molecule has 2 N–H and O–H groups in total. The second-order valence-corrected chi connectivity index (χ2v) is 2.98. The van der Waals surface area contributed by atoms with Crippen LogP contribution in [0.25, 0.3) is 0 Å². The highest BCUT2D eigenvalue weighted by molar-refractivity contribution is 5.19. The lowest BCUT2D eigenvalue weighted by Crippen LogP contribution is -2.34. The average Bonchev–Trinajstić information content (AvgIpc) is 2.17. The van der Waals surface area contributed by atoms with Gasteiger partial charge in [-0.25, -0.2) is 8.78 Å². The third-order valence-electron chi connectivity index (χ3n) is 1.63. The zero-order chi connectivity index (χ0) is 10.6. The predicted octanol–water partition coefficient (Wildman–Crippen LogP) is 1.36. The summed E-state index contributed by atoms with van der Waals surface area (Å²) in [5.74, 6) is -2.66. The van der Waals surface area contributed by atoms with Gasteiger partial charge >= 0.3 is 0 Å². The monoisotopic (exact) mass is 202 g/mol. The molecule has 0 atom stereocenters. The molecule has 0 aliphatic heterocycles. The first-order chi connectivity index (χ1) is 6.53. The summed E-state index contributed by atoms with van der Waals surface area (Å²) in [6.45, 7) is 0.374. The Balaban J connectivity index is 2.50. The molecule has 1 rings (SSSR count). The highest BCUT2D eigenvalue weighted by Gasteiger charge is 2.27. The van der Waals surface area contributed by atoms with Crippen LogP contribution in [0.4, 0.5) is 8.78 Å². The van der Waals surface area contributed by atoms with E-state index in [1.54, 1.807) is 19.1 Å². The Hall–Kier alpha value is -1.23. The van der Waals surface area contributed by atoms with Crippen molar-refractivity contribution in [3.8, 4) is 5.75 Å². The average molecular weight is 202 g/mol. The van der Waals surface area contributed by atoms with E-state index >= 15 is 0 Å². The van der Waals surface area contributed by atoms with Crippen LogP contribution in [0, 0.1) is 6.92 Å². The van der Waals surface area contributed by atoms with Crippen molar-refractivity contribution >= 4 is 0 Å². The molecule has 0 saturated carbocycles. The maximum Gasteiger partial charge on any atom is 0.293 e. The number of halogens is 2. The van der Waals surface area contributed by atoms with E-state index in [0.717, 1.165) is 5.69 Å². The molecule has 1 aromatic rings. The van der Waals surface area contributed by atoms with Crippen molar-refractivity contribution in [1.82, 2.24) is 4.98 Å². The molecule has 0 spiro atoms. The van der Waals surface area contributed by atoms with Gasteiger partial charge in [0.15, 0.2) is 6.61 Å². The van der Waals surface area contributed by atoms with Crippen LogP contribution in [0.15, 0.2) is 18.3 Å². The van der Waals surface area contributed by atoms with Gasteiger partial charge in [0, 0.05) is 5.69 Å². The fraction of sp³-hybridized carbons (Fsp3) is 0.444. The third kappa shape index (κ3) is 3.26. The van der Waals surface area contributed by atoms with Crippen LogP contribution in [0.5, 0.6) is 5.75 Å². The fourth-order valence-corrected chi connectivity index (χ4v) is 0.787. The number of alkyl halides is 2. The minimum absolute atomic E-state index is 0.323. The maximum absolute atomic E-state index is 12.6. The van der Waals surface area contributed by atoms with Crippen molar-refractivity contribution in [1.29, 1.82) is 0 Å². The molecule has 0 unspecified atom stereocenters. The molecule has 0 aliphatic rings. The van der Waals surface area contributed by atoms with Crippen molar-refractivity contribution < 1.29 is 13.5 Å². The van der Waals surface area contributed by atoms with E-state index in [0.29, 0.717) is 5.75 Å². The zero-order valence-corrected chi connectivity index (χ0v) is 7.84. The van der Waals surface area contributed by atoms with Crippen LogP contribution < -0.4 is 10.5 Å². The molecule has 1 heterocycles. The number of rotatable bonds is 4. The number of aromatic nitrogens is 1. The molecule has 0 fully saturated rings. The van der Waals surface area contributed by atoms with Crippen LogP contribution in [-0.4, -0.2) is 24.1 Å². The quantitative estimate of drug-likeness (QED) is 0.802. The van der Waals surface area contributed by atoms with Crippen LogP contribution in [0.1, 0.15) is 5.69 Å². The molecular weight excluding hydrogens is 190 g/mol. The van der Waals surface area contributed by atoms with Gasteiger partial charge in [-0.15, -0.1) is 0 Å². The highest BCUT2D eigenvalue weighted by Crippen LogP contribution is 2.15. The Bertz CT molecular complexity index is 287. The summed E-state index contributed by atoms with van der Waals surface area (Å²) in [4.78, 5) is 3.90. The molecule has 78 valence electrons. The zero-order valence-electron chi connectivity index (χ0n) is 7.84. The number of hydrogen-bond donors (Lipinski definition) is 1. The van der Waals surface area contributed by atoms with Crippen molar-refractivity contribution in [2.45, 2.75) is 12.8 Å². The predicted molar refractivity (Wildman–Crippen MR) is 48.5 cm³/mol. The van der Waals surface area contributed by atoms with Gasteiger partial charge in [-0.1, -0.05) is 0 Å². The molecule has 0 radical (unpaired) electrons. The second kappa shape index (κ2) is 4.32. The van der Waals surface area contributed by atoms with Crippen LogP contribution in [-0.2, 0) is 0 Å². The standard InChI is InChI=1S/C9H12F2N2O/c1-7-2-3-8(4-13-7)14-6-9(10,11)5-12/h2-4H,5-6,12H2,1H3. The van der Waals surface area contributed by atoms with Crippen molar-refractivity contribution in [3.63, 3.8) is 0 Å². The molecule has 3 nitrogen and oxygen atoms in total. The van der Waals surface area contributed by atoms with E-state index in [-0.39, 0.29) is 0 Å². The summed E-state index contributed by atoms with van der Waals surface area (Å²) in [6.07, 6.45) is 1.40. The third-order valence-corrected chi connectivity index (χ3v) is 1.63. The van der Waals surface area contributed by atoms with Gasteiger partial charge in [0.25, 0.3) is 5.92 Å². The largest absolute Gasteiger partial charge is 0.486 e. The Morgan fingerprint density at radius 2 is 2.21 bits per heavy atom. The van der Waals surface area contributed by atoms with Crippen molar-refractivity contribution in [3.05, 3.63) is 24.0 Å². The van der Waals surface area contributed by atoms with Crippen LogP contribution in [0.3, 0.4) is 0 Å². The lowest BCUT2D eigenvalue weighted by Gasteiger charge is -2.14. The van der Waals surface area contributed by atoms with Gasteiger partial charge in [-0.3, -0.25) is 4.98 Å². The molecule has 0 bridgehead atoms. The van der Waals surface area contributed by atoms with Gasteiger partial charge in [-0.05, 0) is 19.1 Å². The summed E-state index contributed by atoms with van der Waals surface area (Å²) in [6, 6.07) is 3.28. The maximum atomic E-state index is 12.6. The summed E-state index contributed by atoms with van der Waals surface area (Å²) in [5.41, 5.74) is 5.66. The second-order valence-electron chi connectivity index (χ2n) is 2.98. The first-order valence-electron chi connectivity index (χ1n) is 4.17. The first-order valence-corrected chi connectivity index (χ1v) is 4.17. The normalized spacial score (nSPS) is 11.4.